The van der Waals surface area contributed by atoms with Crippen LogP contribution >= 0.6 is 0 Å². The van der Waals surface area contributed by atoms with Crippen LogP contribution in [0.25, 0.3) is 0 Å². The number of nitrogens with zero attached hydrogens (tertiary/aromatic N) is 1. The van der Waals surface area contributed by atoms with Gasteiger partial charge in [-0.25, -0.2) is 0 Å². The van der Waals surface area contributed by atoms with Gasteiger partial charge in [0.15, 0.2) is 0 Å². The molecule has 10 heteroatoms. The maximum Gasteiger partial charge on any atom is 0.250 e. The lowest BCUT2D eigenvalue weighted by molar-refractivity contribution is -0.144. The number of likely N-dealkylation sites (tertiary alicyclic amines) is 1. The molecule has 0 saturated carbocycles. The van der Waals surface area contributed by atoms with Gasteiger partial charge >= 0.3 is 0 Å². The summed E-state index contributed by atoms with van der Waals surface area (Å²) in [5.74, 6) is -1.07. The number of rotatable bonds is 12. The molecule has 2 aromatic carbocycles. The van der Waals surface area contributed by atoms with Crippen molar-refractivity contribution in [2.45, 2.75) is 63.2 Å². The van der Waals surface area contributed by atoms with Crippen molar-refractivity contribution in [2.24, 2.45) is 11.8 Å². The highest BCUT2D eigenvalue weighted by molar-refractivity contribution is 6.05. The Kier molecular flexibility index (Phi) is 8.24. The van der Waals surface area contributed by atoms with Gasteiger partial charge in [0.1, 0.15) is 23.1 Å². The van der Waals surface area contributed by atoms with E-state index in [0.29, 0.717) is 61.6 Å². The van der Waals surface area contributed by atoms with Crippen LogP contribution in [0.4, 0.5) is 11.4 Å². The maximum absolute atomic E-state index is 14.1. The number of carbonyl (C=O) groups is 3. The number of nitrogens with one attached hydrogen (secondary N) is 2. The van der Waals surface area contributed by atoms with Gasteiger partial charge in [-0.2, -0.15) is 0 Å². The summed E-state index contributed by atoms with van der Waals surface area (Å²) in [5.41, 5.74) is -0.795. The molecule has 5 atom stereocenters. The van der Waals surface area contributed by atoms with E-state index in [1.54, 1.807) is 60.5 Å². The van der Waals surface area contributed by atoms with Gasteiger partial charge in [-0.05, 0) is 87.6 Å². The van der Waals surface area contributed by atoms with Crippen molar-refractivity contribution >= 4 is 29.1 Å². The van der Waals surface area contributed by atoms with Crippen molar-refractivity contribution < 1.29 is 33.7 Å². The Bertz CT molecular complexity index is 1270. The summed E-state index contributed by atoms with van der Waals surface area (Å²) in [6.45, 7) is 4.68. The average Bonchev–Trinajstić information content (AvgIpc) is 3.58. The van der Waals surface area contributed by atoms with E-state index in [4.69, 9.17) is 14.2 Å². The molecule has 0 aromatic heterocycles. The Hall–Kier alpha value is -3.63. The van der Waals surface area contributed by atoms with Crippen LogP contribution in [-0.2, 0) is 19.1 Å². The van der Waals surface area contributed by atoms with Gasteiger partial charge in [0.25, 0.3) is 0 Å². The van der Waals surface area contributed by atoms with E-state index in [1.165, 1.54) is 0 Å². The predicted molar refractivity (Wildman–Crippen MR) is 153 cm³/mol. The number of fused-ring (bicyclic) bond motifs is 1. The van der Waals surface area contributed by atoms with Gasteiger partial charge in [-0.15, -0.1) is 0 Å². The Morgan fingerprint density at radius 3 is 2.20 bits per heavy atom. The number of hydrogen-bond donors (Lipinski definition) is 3. The number of aliphatic hydroxyl groups excluding tert-OH is 1. The lowest BCUT2D eigenvalue weighted by atomic mass is 9.65. The molecule has 5 rings (SSSR count). The van der Waals surface area contributed by atoms with Gasteiger partial charge in [0, 0.05) is 24.5 Å². The standard InChI is InChI=1S/C31H39N3O7/c1-4-30-16-17-31(41-30)25(24(30)27(36)32-20-10-14-23(15-11-20)40-5-2)29(38)34(18-6-7-19-35)26(31)28(37)33-21-8-12-22(39-3)13-9-21/h8-15,24-26,35H,4-7,16-19H2,1-3H3,(H,32,36)(H,33,37)/t24-,25+,26?,30+,31?/m1/s1. The SMILES string of the molecule is CCOc1ccc(NC(=O)[C@H]2[C@H]3C(=O)N(CCCCO)C(C(=O)Nc4ccc(OC)cc4)C34CC[C@]2(CC)O4)cc1. The Labute approximate surface area is 240 Å². The first kappa shape index (κ1) is 28.9. The molecule has 1 spiro atoms. The molecule has 3 heterocycles. The van der Waals surface area contributed by atoms with E-state index < -0.39 is 29.1 Å². The molecule has 3 aliphatic rings. The summed E-state index contributed by atoms with van der Waals surface area (Å²) in [6, 6.07) is 13.2. The molecule has 10 nitrogen and oxygen atoms in total. The highest BCUT2D eigenvalue weighted by Crippen LogP contribution is 2.64. The molecule has 3 amide bonds. The van der Waals surface area contributed by atoms with Crippen molar-refractivity contribution in [3.63, 3.8) is 0 Å². The minimum atomic E-state index is -1.12. The van der Waals surface area contributed by atoms with Crippen molar-refractivity contribution in [2.75, 3.05) is 37.5 Å². The number of hydrogen-bond acceptors (Lipinski definition) is 7. The van der Waals surface area contributed by atoms with E-state index >= 15 is 0 Å². The Morgan fingerprint density at radius 2 is 1.61 bits per heavy atom. The molecule has 41 heavy (non-hydrogen) atoms. The van der Waals surface area contributed by atoms with Gasteiger partial charge in [0.05, 0.1) is 31.2 Å². The molecule has 0 radical (unpaired) electrons. The fraction of sp³-hybridized carbons (Fsp3) is 0.516. The second-order valence-corrected chi connectivity index (χ2v) is 11.0. The van der Waals surface area contributed by atoms with Crippen molar-refractivity contribution in [3.8, 4) is 11.5 Å². The topological polar surface area (TPSA) is 126 Å². The van der Waals surface area contributed by atoms with Crippen molar-refractivity contribution in [1.82, 2.24) is 4.90 Å². The second kappa shape index (κ2) is 11.7. The first-order chi connectivity index (χ1) is 19.8. The normalized spacial score (nSPS) is 28.0. The molecule has 3 N–H and O–H groups in total. The van der Waals surface area contributed by atoms with E-state index in [-0.39, 0.29) is 30.9 Å². The van der Waals surface area contributed by atoms with Gasteiger partial charge < -0.3 is 34.9 Å². The number of ether oxygens (including phenoxy) is 3. The number of carbonyl (C=O) groups excluding carboxylic acids is 3. The minimum absolute atomic E-state index is 0.0120. The summed E-state index contributed by atoms with van der Waals surface area (Å²) in [5, 5.41) is 15.3. The number of benzene rings is 2. The van der Waals surface area contributed by atoms with Gasteiger partial charge in [-0.1, -0.05) is 6.92 Å². The quantitative estimate of drug-likeness (QED) is 0.336. The zero-order valence-electron chi connectivity index (χ0n) is 23.9. The third-order valence-electron chi connectivity index (χ3n) is 8.81. The van der Waals surface area contributed by atoms with E-state index in [2.05, 4.69) is 10.6 Å². The van der Waals surface area contributed by atoms with E-state index in [1.807, 2.05) is 13.8 Å². The fourth-order valence-electron chi connectivity index (χ4n) is 6.96. The van der Waals surface area contributed by atoms with Crippen LogP contribution in [0.15, 0.2) is 48.5 Å². The molecule has 2 bridgehead atoms. The molecule has 0 aliphatic carbocycles. The molecule has 2 aromatic rings. The molecule has 3 aliphatic heterocycles. The minimum Gasteiger partial charge on any atom is -0.497 e. The lowest BCUT2D eigenvalue weighted by Crippen LogP contribution is -2.53. The van der Waals surface area contributed by atoms with Crippen molar-refractivity contribution in [1.29, 1.82) is 0 Å². The van der Waals surface area contributed by atoms with Crippen LogP contribution in [0.1, 0.15) is 46.0 Å². The zero-order chi connectivity index (χ0) is 29.2. The monoisotopic (exact) mass is 565 g/mol. The average molecular weight is 566 g/mol. The fourth-order valence-corrected chi connectivity index (χ4v) is 6.96. The van der Waals surface area contributed by atoms with Crippen LogP contribution < -0.4 is 20.1 Å². The summed E-state index contributed by atoms with van der Waals surface area (Å²) < 4.78 is 17.5. The van der Waals surface area contributed by atoms with Crippen LogP contribution in [0.3, 0.4) is 0 Å². The van der Waals surface area contributed by atoms with Crippen LogP contribution in [0, 0.1) is 11.8 Å². The molecule has 3 saturated heterocycles. The van der Waals surface area contributed by atoms with E-state index in [9.17, 15) is 19.5 Å². The number of anilines is 2. The highest BCUT2D eigenvalue weighted by Gasteiger charge is 2.78. The first-order valence-electron chi connectivity index (χ1n) is 14.4. The van der Waals surface area contributed by atoms with Crippen LogP contribution in [0.2, 0.25) is 0 Å². The Morgan fingerprint density at radius 1 is 0.976 bits per heavy atom. The van der Waals surface area contributed by atoms with Crippen molar-refractivity contribution in [3.05, 3.63) is 48.5 Å². The van der Waals surface area contributed by atoms with Crippen LogP contribution in [0.5, 0.6) is 11.5 Å². The second-order valence-electron chi connectivity index (χ2n) is 11.0. The van der Waals surface area contributed by atoms with E-state index in [0.717, 1.165) is 0 Å². The molecule has 2 unspecified atom stereocenters. The van der Waals surface area contributed by atoms with Gasteiger partial charge in [0.2, 0.25) is 17.7 Å². The molecule has 3 fully saturated rings. The maximum atomic E-state index is 14.1. The van der Waals surface area contributed by atoms with Gasteiger partial charge in [-0.3, -0.25) is 14.4 Å². The molecular formula is C31H39N3O7. The smallest absolute Gasteiger partial charge is 0.250 e. The first-order valence-corrected chi connectivity index (χ1v) is 14.4. The summed E-state index contributed by atoms with van der Waals surface area (Å²) in [6.07, 6.45) is 2.64. The lowest BCUT2D eigenvalue weighted by Gasteiger charge is -2.34. The third kappa shape index (κ3) is 5.04. The van der Waals surface area contributed by atoms with Crippen LogP contribution in [-0.4, -0.2) is 71.8 Å². The zero-order valence-corrected chi connectivity index (χ0v) is 23.9. The molecular weight excluding hydrogens is 526 g/mol. The number of unbranched alkanes of at least 4 members (excludes halogenated alkanes) is 1. The predicted octanol–water partition coefficient (Wildman–Crippen LogP) is 3.60. The summed E-state index contributed by atoms with van der Waals surface area (Å²) in [7, 11) is 1.57. The number of amides is 3. The summed E-state index contributed by atoms with van der Waals surface area (Å²) in [4.78, 5) is 43.6. The summed E-state index contributed by atoms with van der Waals surface area (Å²) >= 11 is 0. The largest absolute Gasteiger partial charge is 0.497 e. The third-order valence-corrected chi connectivity index (χ3v) is 8.81. The molecule has 220 valence electrons. The highest BCUT2D eigenvalue weighted by atomic mass is 16.5. The number of methoxy groups -OCH3 is 1. The number of aliphatic hydroxyl groups is 1. The Balaban J connectivity index is 1.46.